The van der Waals surface area contributed by atoms with E-state index >= 15 is 0 Å². The van der Waals surface area contributed by atoms with Crippen LogP contribution in [0.4, 0.5) is 14.5 Å². The number of hydrogen-bond acceptors (Lipinski definition) is 4. The van der Waals surface area contributed by atoms with Gasteiger partial charge in [0.15, 0.2) is 0 Å². The summed E-state index contributed by atoms with van der Waals surface area (Å²) in [6.07, 6.45) is 0.227. The Morgan fingerprint density at radius 1 is 1.06 bits per heavy atom. The van der Waals surface area contributed by atoms with Gasteiger partial charge >= 0.3 is 6.11 Å². The van der Waals surface area contributed by atoms with Gasteiger partial charge in [-0.15, -0.1) is 0 Å². The number of piperazine rings is 1. The van der Waals surface area contributed by atoms with Gasteiger partial charge in [-0.1, -0.05) is 6.92 Å². The van der Waals surface area contributed by atoms with Gasteiger partial charge in [0, 0.05) is 56.2 Å². The predicted octanol–water partition coefficient (Wildman–Crippen LogP) is 4.21. The molecule has 0 spiro atoms. The first-order valence-electron chi connectivity index (χ1n) is 11.4. The minimum absolute atomic E-state index is 0.174. The lowest BCUT2D eigenvalue weighted by atomic mass is 10.0. The fourth-order valence-electron chi connectivity index (χ4n) is 5.02. The van der Waals surface area contributed by atoms with Crippen molar-refractivity contribution in [3.63, 3.8) is 0 Å². The van der Waals surface area contributed by atoms with E-state index in [9.17, 15) is 8.78 Å². The van der Waals surface area contributed by atoms with Crippen molar-refractivity contribution in [2.45, 2.75) is 52.2 Å². The highest BCUT2D eigenvalue weighted by Crippen LogP contribution is 2.31. The van der Waals surface area contributed by atoms with Crippen molar-refractivity contribution in [2.24, 2.45) is 0 Å². The molecule has 2 aliphatic heterocycles. The van der Waals surface area contributed by atoms with Gasteiger partial charge in [-0.25, -0.2) is 0 Å². The van der Waals surface area contributed by atoms with Gasteiger partial charge in [0.2, 0.25) is 0 Å². The summed E-state index contributed by atoms with van der Waals surface area (Å²) in [6.45, 7) is 11.6. The first-order valence-corrected chi connectivity index (χ1v) is 11.4. The molecule has 0 atom stereocenters. The normalized spacial score (nSPS) is 19.1. The van der Waals surface area contributed by atoms with Crippen LogP contribution >= 0.6 is 0 Å². The zero-order valence-corrected chi connectivity index (χ0v) is 18.8. The summed E-state index contributed by atoms with van der Waals surface area (Å²) in [5, 5.41) is 3.46. The van der Waals surface area contributed by atoms with Gasteiger partial charge in [0.25, 0.3) is 0 Å². The molecule has 2 fully saturated rings. The lowest BCUT2D eigenvalue weighted by Crippen LogP contribution is -2.52. The maximum atomic E-state index is 13.1. The molecular formula is C24H34F2N4O. The first-order chi connectivity index (χ1) is 14.9. The molecule has 0 amide bonds. The summed E-state index contributed by atoms with van der Waals surface area (Å²) < 4.78 is 33.2. The molecular weight excluding hydrogens is 398 g/mol. The van der Waals surface area contributed by atoms with Crippen LogP contribution < -0.4 is 15.0 Å². The molecule has 0 saturated carbocycles. The summed E-state index contributed by atoms with van der Waals surface area (Å²) in [4.78, 5) is 5.17. The molecule has 170 valence electrons. The van der Waals surface area contributed by atoms with Crippen LogP contribution in [0.25, 0.3) is 5.69 Å². The van der Waals surface area contributed by atoms with Gasteiger partial charge < -0.3 is 19.5 Å². The highest BCUT2D eigenvalue weighted by molar-refractivity contribution is 5.58. The standard InChI is InChI=1S/C24H34F2N4O/c1-4-22-23(29-15-13-28(14-16-29)19-9-11-27-12-10-19)17-18(2)30(22)20-5-7-21(8-6-20)31-24(3,25)26/h5-8,17,19,27H,4,9-16H2,1-3H3. The van der Waals surface area contributed by atoms with E-state index in [-0.39, 0.29) is 5.75 Å². The molecule has 1 aromatic heterocycles. The number of hydrogen-bond donors (Lipinski definition) is 1. The predicted molar refractivity (Wildman–Crippen MR) is 121 cm³/mol. The highest BCUT2D eigenvalue weighted by atomic mass is 19.3. The number of rotatable bonds is 6. The van der Waals surface area contributed by atoms with Crippen LogP contribution in [-0.4, -0.2) is 60.9 Å². The summed E-state index contributed by atoms with van der Waals surface area (Å²) in [5.41, 5.74) is 4.69. The minimum Gasteiger partial charge on any atom is -0.433 e. The SMILES string of the molecule is CCc1c(N2CCN(C3CCNCC3)CC2)cc(C)n1-c1ccc(OC(C)(F)F)cc1. The number of benzene rings is 1. The molecule has 2 aliphatic rings. The number of aryl methyl sites for hydroxylation is 1. The Bertz CT molecular complexity index is 861. The Kier molecular flexibility index (Phi) is 6.53. The molecule has 1 aromatic carbocycles. The Balaban J connectivity index is 1.50. The van der Waals surface area contributed by atoms with Crippen molar-refractivity contribution in [3.8, 4) is 11.4 Å². The van der Waals surface area contributed by atoms with E-state index in [0.717, 1.165) is 70.0 Å². The van der Waals surface area contributed by atoms with E-state index in [2.05, 4.69) is 44.3 Å². The van der Waals surface area contributed by atoms with E-state index < -0.39 is 6.11 Å². The average Bonchev–Trinajstić information content (AvgIpc) is 3.10. The van der Waals surface area contributed by atoms with Crippen molar-refractivity contribution in [2.75, 3.05) is 44.2 Å². The number of halogens is 2. The maximum absolute atomic E-state index is 13.1. The Hall–Kier alpha value is -2.12. The van der Waals surface area contributed by atoms with Gasteiger partial charge in [-0.3, -0.25) is 4.90 Å². The number of anilines is 1. The van der Waals surface area contributed by atoms with Crippen LogP contribution in [0.2, 0.25) is 0 Å². The quantitative estimate of drug-likeness (QED) is 0.741. The Morgan fingerprint density at radius 2 is 1.71 bits per heavy atom. The summed E-state index contributed by atoms with van der Waals surface area (Å²) in [5.74, 6) is 0.174. The molecule has 3 heterocycles. The van der Waals surface area contributed by atoms with Crippen molar-refractivity contribution in [3.05, 3.63) is 41.7 Å². The molecule has 31 heavy (non-hydrogen) atoms. The van der Waals surface area contributed by atoms with Crippen LogP contribution in [0.5, 0.6) is 5.75 Å². The molecule has 2 saturated heterocycles. The van der Waals surface area contributed by atoms with Gasteiger partial charge in [0.1, 0.15) is 5.75 Å². The molecule has 0 aliphatic carbocycles. The van der Waals surface area contributed by atoms with E-state index in [0.29, 0.717) is 0 Å². The van der Waals surface area contributed by atoms with Gasteiger partial charge in [-0.2, -0.15) is 8.78 Å². The monoisotopic (exact) mass is 432 g/mol. The molecule has 0 unspecified atom stereocenters. The number of piperidine rings is 1. The molecule has 7 heteroatoms. The van der Waals surface area contributed by atoms with Crippen molar-refractivity contribution < 1.29 is 13.5 Å². The lowest BCUT2D eigenvalue weighted by Gasteiger charge is -2.41. The first kappa shape index (κ1) is 22.1. The number of nitrogens with one attached hydrogen (secondary N) is 1. The number of ether oxygens (including phenoxy) is 1. The second-order valence-electron chi connectivity index (χ2n) is 8.71. The van der Waals surface area contributed by atoms with Crippen molar-refractivity contribution in [1.29, 1.82) is 0 Å². The van der Waals surface area contributed by atoms with Crippen molar-refractivity contribution in [1.82, 2.24) is 14.8 Å². The molecule has 5 nitrogen and oxygen atoms in total. The second kappa shape index (κ2) is 9.17. The third kappa shape index (κ3) is 5.04. The largest absolute Gasteiger partial charge is 0.433 e. The zero-order valence-electron chi connectivity index (χ0n) is 18.8. The third-order valence-electron chi connectivity index (χ3n) is 6.47. The van der Waals surface area contributed by atoms with Crippen LogP contribution in [0, 0.1) is 6.92 Å². The summed E-state index contributed by atoms with van der Waals surface area (Å²) >= 11 is 0. The van der Waals surface area contributed by atoms with Crippen molar-refractivity contribution >= 4 is 5.69 Å². The summed E-state index contributed by atoms with van der Waals surface area (Å²) in [6, 6.07) is 9.92. The number of nitrogens with zero attached hydrogens (tertiary/aromatic N) is 3. The molecule has 1 N–H and O–H groups in total. The van der Waals surface area contributed by atoms with Crippen LogP contribution in [0.1, 0.15) is 38.1 Å². The highest BCUT2D eigenvalue weighted by Gasteiger charge is 2.27. The number of aromatic nitrogens is 1. The Labute approximate surface area is 184 Å². The molecule has 4 rings (SSSR count). The van der Waals surface area contributed by atoms with Crippen LogP contribution in [0.15, 0.2) is 30.3 Å². The number of alkyl halides is 2. The lowest BCUT2D eigenvalue weighted by molar-refractivity contribution is -0.158. The fourth-order valence-corrected chi connectivity index (χ4v) is 5.02. The molecule has 0 radical (unpaired) electrons. The van der Waals surface area contributed by atoms with Crippen LogP contribution in [-0.2, 0) is 6.42 Å². The smallest absolute Gasteiger partial charge is 0.394 e. The third-order valence-corrected chi connectivity index (χ3v) is 6.47. The molecule has 2 aromatic rings. The van der Waals surface area contributed by atoms with Gasteiger partial charge in [-0.05, 0) is 69.6 Å². The fraction of sp³-hybridized carbons (Fsp3) is 0.583. The van der Waals surface area contributed by atoms with E-state index in [4.69, 9.17) is 0 Å². The van der Waals surface area contributed by atoms with E-state index in [1.807, 2.05) is 12.1 Å². The maximum Gasteiger partial charge on any atom is 0.394 e. The zero-order chi connectivity index (χ0) is 22.0. The topological polar surface area (TPSA) is 32.7 Å². The molecule has 0 bridgehead atoms. The summed E-state index contributed by atoms with van der Waals surface area (Å²) in [7, 11) is 0. The van der Waals surface area contributed by atoms with E-state index in [1.54, 1.807) is 12.1 Å². The minimum atomic E-state index is -3.18. The van der Waals surface area contributed by atoms with E-state index in [1.165, 1.54) is 24.2 Å². The van der Waals surface area contributed by atoms with Gasteiger partial charge in [0.05, 0.1) is 5.69 Å². The Morgan fingerprint density at radius 3 is 2.29 bits per heavy atom. The second-order valence-corrected chi connectivity index (χ2v) is 8.71. The average molecular weight is 433 g/mol. The van der Waals surface area contributed by atoms with Crippen LogP contribution in [0.3, 0.4) is 0 Å².